The molecule has 0 aliphatic carbocycles. The minimum atomic E-state index is -0.735. The molecule has 0 unspecified atom stereocenters. The molecule has 9 heteroatoms. The van der Waals surface area contributed by atoms with Crippen LogP contribution in [-0.4, -0.2) is 24.7 Å². The molecule has 4 aromatic carbocycles. The van der Waals surface area contributed by atoms with E-state index >= 15 is 0 Å². The highest BCUT2D eigenvalue weighted by molar-refractivity contribution is 7.07. The first-order valence-electron chi connectivity index (χ1n) is 14.3. The molecule has 5 aromatic rings. The molecule has 1 amide bonds. The molecular formula is C36H31N3O5S. The maximum absolute atomic E-state index is 14.3. The number of carbonyl (C=O) groups is 1. The standard InChI is InChI=1S/C36H31N3O5S/c1-23-31(34(40)38-27-16-8-5-9-17-27)32(25-14-10-18-28(20-25)42-2)39-35(41)30(45-36(39)37-23)21-26-15-11-19-29(43-3)33(26)44-22-24-12-6-4-7-13-24/h4-21,32H,22H2,1-3H3,(H,38,40)/b30-21-/t32-/m0/s1. The summed E-state index contributed by atoms with van der Waals surface area (Å²) in [6, 6.07) is 31.3. The van der Waals surface area contributed by atoms with E-state index in [1.807, 2.05) is 103 Å². The van der Waals surface area contributed by atoms with E-state index in [0.717, 1.165) is 11.1 Å². The van der Waals surface area contributed by atoms with Crippen LogP contribution in [0.15, 0.2) is 124 Å². The van der Waals surface area contributed by atoms with E-state index in [9.17, 15) is 9.59 Å². The van der Waals surface area contributed by atoms with Crippen molar-refractivity contribution in [3.05, 3.63) is 151 Å². The summed E-state index contributed by atoms with van der Waals surface area (Å²) in [4.78, 5) is 33.3. The number of ether oxygens (including phenoxy) is 3. The third kappa shape index (κ3) is 6.16. The van der Waals surface area contributed by atoms with Crippen LogP contribution in [0.3, 0.4) is 0 Å². The lowest BCUT2D eigenvalue weighted by molar-refractivity contribution is -0.113. The maximum Gasteiger partial charge on any atom is 0.271 e. The Bertz CT molecular complexity index is 2070. The minimum Gasteiger partial charge on any atom is -0.497 e. The first kappa shape index (κ1) is 29.7. The molecule has 226 valence electrons. The van der Waals surface area contributed by atoms with Crippen LogP contribution in [0, 0.1) is 0 Å². The predicted octanol–water partition coefficient (Wildman–Crippen LogP) is 5.47. The molecule has 1 atom stereocenters. The van der Waals surface area contributed by atoms with E-state index < -0.39 is 6.04 Å². The van der Waals surface area contributed by atoms with Gasteiger partial charge in [-0.05, 0) is 54.5 Å². The van der Waals surface area contributed by atoms with Crippen molar-refractivity contribution in [1.29, 1.82) is 0 Å². The van der Waals surface area contributed by atoms with Crippen molar-refractivity contribution in [3.63, 3.8) is 0 Å². The highest BCUT2D eigenvalue weighted by Crippen LogP contribution is 2.34. The number of nitrogens with one attached hydrogen (secondary N) is 1. The van der Waals surface area contributed by atoms with Crippen molar-refractivity contribution in [2.75, 3.05) is 19.5 Å². The average molecular weight is 618 g/mol. The molecule has 1 aliphatic heterocycles. The number of thiazole rings is 1. The van der Waals surface area contributed by atoms with Gasteiger partial charge in [0.05, 0.1) is 36.1 Å². The number of amides is 1. The van der Waals surface area contributed by atoms with Crippen molar-refractivity contribution in [2.24, 2.45) is 4.99 Å². The lowest BCUT2D eigenvalue weighted by Crippen LogP contribution is -2.40. The molecule has 8 nitrogen and oxygen atoms in total. The molecule has 1 N–H and O–H groups in total. The second-order valence-electron chi connectivity index (χ2n) is 10.3. The fraction of sp³-hybridized carbons (Fsp3) is 0.139. The zero-order chi connectivity index (χ0) is 31.3. The predicted molar refractivity (Wildman–Crippen MR) is 176 cm³/mol. The summed E-state index contributed by atoms with van der Waals surface area (Å²) >= 11 is 1.26. The molecule has 1 aliphatic rings. The van der Waals surface area contributed by atoms with E-state index in [1.54, 1.807) is 31.8 Å². The van der Waals surface area contributed by atoms with Crippen LogP contribution < -0.4 is 34.4 Å². The lowest BCUT2D eigenvalue weighted by Gasteiger charge is -2.25. The fourth-order valence-corrected chi connectivity index (χ4v) is 6.33. The van der Waals surface area contributed by atoms with Crippen LogP contribution >= 0.6 is 11.3 Å². The molecule has 2 heterocycles. The van der Waals surface area contributed by atoms with Crippen molar-refractivity contribution >= 4 is 29.0 Å². The summed E-state index contributed by atoms with van der Waals surface area (Å²) in [5, 5.41) is 2.98. The molecule has 0 saturated heterocycles. The number of aromatic nitrogens is 1. The monoisotopic (exact) mass is 617 g/mol. The van der Waals surface area contributed by atoms with Crippen molar-refractivity contribution in [1.82, 2.24) is 4.57 Å². The molecule has 6 rings (SSSR count). The van der Waals surface area contributed by atoms with Crippen LogP contribution in [-0.2, 0) is 11.4 Å². The first-order valence-corrected chi connectivity index (χ1v) is 15.1. The summed E-state index contributed by atoms with van der Waals surface area (Å²) in [7, 11) is 3.17. The molecule has 45 heavy (non-hydrogen) atoms. The summed E-state index contributed by atoms with van der Waals surface area (Å²) in [6.07, 6.45) is 1.79. The summed E-state index contributed by atoms with van der Waals surface area (Å²) < 4.78 is 19.4. The number of hydrogen-bond donors (Lipinski definition) is 1. The number of carbonyl (C=O) groups excluding carboxylic acids is 1. The number of methoxy groups -OCH3 is 2. The third-order valence-electron chi connectivity index (χ3n) is 7.45. The highest BCUT2D eigenvalue weighted by atomic mass is 32.1. The molecule has 0 fully saturated rings. The zero-order valence-corrected chi connectivity index (χ0v) is 25.8. The smallest absolute Gasteiger partial charge is 0.271 e. The van der Waals surface area contributed by atoms with Crippen LogP contribution in [0.25, 0.3) is 6.08 Å². The lowest BCUT2D eigenvalue weighted by atomic mass is 9.95. The Morgan fingerprint density at radius 3 is 2.40 bits per heavy atom. The summed E-state index contributed by atoms with van der Waals surface area (Å²) in [5.41, 5.74) is 3.68. The first-order chi connectivity index (χ1) is 22.0. The van der Waals surface area contributed by atoms with E-state index in [0.29, 0.717) is 55.7 Å². The van der Waals surface area contributed by atoms with Crippen molar-refractivity contribution in [2.45, 2.75) is 19.6 Å². The van der Waals surface area contributed by atoms with E-state index in [1.165, 1.54) is 11.3 Å². The second kappa shape index (κ2) is 13.1. The Hall–Kier alpha value is -5.41. The number of anilines is 1. The van der Waals surface area contributed by atoms with Gasteiger partial charge in [-0.2, -0.15) is 0 Å². The van der Waals surface area contributed by atoms with Gasteiger partial charge in [0.25, 0.3) is 11.5 Å². The van der Waals surface area contributed by atoms with Gasteiger partial charge in [-0.25, -0.2) is 4.99 Å². The van der Waals surface area contributed by atoms with E-state index in [4.69, 9.17) is 19.2 Å². The van der Waals surface area contributed by atoms with Gasteiger partial charge < -0.3 is 19.5 Å². The largest absolute Gasteiger partial charge is 0.497 e. The number of rotatable bonds is 9. The molecular weight excluding hydrogens is 586 g/mol. The zero-order valence-electron chi connectivity index (χ0n) is 25.0. The quantitative estimate of drug-likeness (QED) is 0.237. The molecule has 0 saturated carbocycles. The number of fused-ring (bicyclic) bond motifs is 1. The topological polar surface area (TPSA) is 91.2 Å². The van der Waals surface area contributed by atoms with Gasteiger partial charge in [0.1, 0.15) is 12.4 Å². The van der Waals surface area contributed by atoms with Crippen LogP contribution in [0.5, 0.6) is 17.2 Å². The van der Waals surface area contributed by atoms with Crippen molar-refractivity contribution in [3.8, 4) is 17.2 Å². The Morgan fingerprint density at radius 2 is 1.67 bits per heavy atom. The van der Waals surface area contributed by atoms with Gasteiger partial charge in [-0.1, -0.05) is 84.1 Å². The molecule has 1 aromatic heterocycles. The number of nitrogens with zero attached hydrogens (tertiary/aromatic N) is 2. The van der Waals surface area contributed by atoms with E-state index in [2.05, 4.69) is 5.32 Å². The van der Waals surface area contributed by atoms with Gasteiger partial charge in [0.2, 0.25) is 0 Å². The van der Waals surface area contributed by atoms with Crippen LogP contribution in [0.4, 0.5) is 5.69 Å². The summed E-state index contributed by atoms with van der Waals surface area (Å²) in [5.74, 6) is 1.35. The molecule has 0 bridgehead atoms. The van der Waals surface area contributed by atoms with Gasteiger partial charge in [-0.15, -0.1) is 0 Å². The molecule has 0 spiro atoms. The number of para-hydroxylation sites is 2. The average Bonchev–Trinajstić information content (AvgIpc) is 3.37. The van der Waals surface area contributed by atoms with Gasteiger partial charge in [0.15, 0.2) is 16.3 Å². The van der Waals surface area contributed by atoms with Gasteiger partial charge >= 0.3 is 0 Å². The van der Waals surface area contributed by atoms with Crippen LogP contribution in [0.1, 0.15) is 29.7 Å². The summed E-state index contributed by atoms with van der Waals surface area (Å²) in [6.45, 7) is 2.12. The normalized spacial score (nSPS) is 14.4. The highest BCUT2D eigenvalue weighted by Gasteiger charge is 2.33. The second-order valence-corrected chi connectivity index (χ2v) is 11.3. The minimum absolute atomic E-state index is 0.277. The van der Waals surface area contributed by atoms with Gasteiger partial charge in [0, 0.05) is 11.3 Å². The molecule has 0 radical (unpaired) electrons. The Morgan fingerprint density at radius 1 is 0.933 bits per heavy atom. The van der Waals surface area contributed by atoms with Gasteiger partial charge in [-0.3, -0.25) is 14.2 Å². The Labute approximate surface area is 264 Å². The SMILES string of the molecule is COc1cccc([C@H]2C(C(=O)Nc3ccccc3)=C(C)N=c3s/c(=C\c4cccc(OC)c4OCc4ccccc4)c(=O)n32)c1. The Balaban J connectivity index is 1.47. The van der Waals surface area contributed by atoms with Crippen molar-refractivity contribution < 1.29 is 19.0 Å². The maximum atomic E-state index is 14.3. The van der Waals surface area contributed by atoms with E-state index in [-0.39, 0.29) is 11.5 Å². The van der Waals surface area contributed by atoms with Crippen LogP contribution in [0.2, 0.25) is 0 Å². The fourth-order valence-electron chi connectivity index (χ4n) is 5.29. The number of allylic oxidation sites excluding steroid dienone is 1. The number of benzene rings is 4. The Kier molecular flexibility index (Phi) is 8.61. The third-order valence-corrected chi connectivity index (χ3v) is 8.43. The number of hydrogen-bond acceptors (Lipinski definition) is 7.